The Morgan fingerprint density at radius 2 is 2.00 bits per heavy atom. The summed E-state index contributed by atoms with van der Waals surface area (Å²) in [6, 6.07) is 8.36. The summed E-state index contributed by atoms with van der Waals surface area (Å²) in [6.07, 6.45) is 3.99. The molecule has 0 aliphatic carbocycles. The second kappa shape index (κ2) is 8.13. The number of carbonyl (C=O) groups is 1. The predicted molar refractivity (Wildman–Crippen MR) is 123 cm³/mol. The molecule has 2 unspecified atom stereocenters. The summed E-state index contributed by atoms with van der Waals surface area (Å²) in [4.78, 5) is 16.9. The van der Waals surface area contributed by atoms with Gasteiger partial charge in [0.1, 0.15) is 0 Å². The molecule has 0 radical (unpaired) electrons. The topological polar surface area (TPSA) is 54.6 Å². The first kappa shape index (κ1) is 21.6. The highest BCUT2D eigenvalue weighted by atomic mass is 28.3. The molecule has 0 bridgehead atoms. The van der Waals surface area contributed by atoms with E-state index in [0.717, 1.165) is 43.6 Å². The molecular weight excluding hydrogens is 392 g/mol. The van der Waals surface area contributed by atoms with E-state index >= 15 is 0 Å². The molecule has 0 saturated carbocycles. The van der Waals surface area contributed by atoms with Crippen LogP contribution in [0.15, 0.2) is 24.3 Å². The fourth-order valence-electron chi connectivity index (χ4n) is 4.47. The Bertz CT molecular complexity index is 909. The molecule has 164 valence electrons. The van der Waals surface area contributed by atoms with Gasteiger partial charge in [-0.05, 0) is 42.4 Å². The molecule has 1 amide bonds. The number of benzene rings is 1. The van der Waals surface area contributed by atoms with Crippen LogP contribution in [0.2, 0.25) is 18.1 Å². The van der Waals surface area contributed by atoms with Gasteiger partial charge in [-0.1, -0.05) is 52.1 Å². The molecule has 1 aromatic carbocycles. The third-order valence-corrected chi connectivity index (χ3v) is 12.9. The summed E-state index contributed by atoms with van der Waals surface area (Å²) < 4.78 is 13.9. The number of nitrogens with one attached hydrogen (secondary N) is 1. The molecule has 3 heterocycles. The number of nitrogens with zero attached hydrogens (tertiary/aromatic N) is 1. The minimum atomic E-state index is -1.83. The lowest BCUT2D eigenvalue weighted by Gasteiger charge is -2.53. The third-order valence-electron chi connectivity index (χ3n) is 7.43. The van der Waals surface area contributed by atoms with E-state index in [4.69, 9.17) is 9.47 Å². The SMILES string of the molecule is CC(C)(C)[Si](C)(C)N1CC(c2[nH]c3ccccc3c2CCOC2CCCCO2)C1=O. The normalized spacial score (nSPS) is 23.1. The van der Waals surface area contributed by atoms with E-state index in [9.17, 15) is 4.79 Å². The van der Waals surface area contributed by atoms with Gasteiger partial charge in [-0.25, -0.2) is 0 Å². The van der Waals surface area contributed by atoms with Crippen LogP contribution in [0.3, 0.4) is 0 Å². The van der Waals surface area contributed by atoms with Crippen molar-refractivity contribution in [1.29, 1.82) is 0 Å². The van der Waals surface area contributed by atoms with Crippen molar-refractivity contribution in [2.45, 2.75) is 76.8 Å². The molecule has 0 spiro atoms. The lowest BCUT2D eigenvalue weighted by Crippen LogP contribution is -2.66. The Balaban J connectivity index is 1.53. The lowest BCUT2D eigenvalue weighted by atomic mass is 9.93. The van der Waals surface area contributed by atoms with Crippen LogP contribution in [0.1, 0.15) is 57.2 Å². The first-order valence-electron chi connectivity index (χ1n) is 11.3. The maximum Gasteiger partial charge on any atom is 0.225 e. The van der Waals surface area contributed by atoms with Gasteiger partial charge in [0.2, 0.25) is 5.91 Å². The fraction of sp³-hybridized carbons (Fsp3) is 0.625. The van der Waals surface area contributed by atoms with Crippen LogP contribution in [0.25, 0.3) is 10.9 Å². The first-order valence-corrected chi connectivity index (χ1v) is 14.3. The predicted octanol–water partition coefficient (Wildman–Crippen LogP) is 5.18. The molecule has 2 aromatic rings. The van der Waals surface area contributed by atoms with E-state index in [1.54, 1.807) is 0 Å². The Kier molecular flexibility index (Phi) is 5.85. The number of ether oxygens (including phenoxy) is 2. The molecule has 5 nitrogen and oxygen atoms in total. The number of hydrogen-bond donors (Lipinski definition) is 1. The van der Waals surface area contributed by atoms with Crippen LogP contribution in [-0.2, 0) is 20.7 Å². The highest BCUT2D eigenvalue weighted by Gasteiger charge is 2.52. The highest BCUT2D eigenvalue weighted by Crippen LogP contribution is 2.45. The van der Waals surface area contributed by atoms with E-state index in [0.29, 0.717) is 6.61 Å². The van der Waals surface area contributed by atoms with Crippen molar-refractivity contribution in [3.05, 3.63) is 35.5 Å². The summed E-state index contributed by atoms with van der Waals surface area (Å²) in [5.74, 6) is 0.221. The average molecular weight is 429 g/mol. The molecular formula is C24H36N2O3Si. The Hall–Kier alpha value is -1.63. The van der Waals surface area contributed by atoms with Gasteiger partial charge in [0.15, 0.2) is 14.5 Å². The minimum absolute atomic E-state index is 0.0625. The monoisotopic (exact) mass is 428 g/mol. The minimum Gasteiger partial charge on any atom is -0.367 e. The van der Waals surface area contributed by atoms with Crippen molar-refractivity contribution in [3.63, 3.8) is 0 Å². The smallest absolute Gasteiger partial charge is 0.225 e. The van der Waals surface area contributed by atoms with Crippen LogP contribution in [0, 0.1) is 0 Å². The summed E-state index contributed by atoms with van der Waals surface area (Å²) in [6.45, 7) is 13.6. The first-order chi connectivity index (χ1) is 14.2. The molecule has 30 heavy (non-hydrogen) atoms. The van der Waals surface area contributed by atoms with E-state index in [-0.39, 0.29) is 23.2 Å². The molecule has 2 aliphatic rings. The quantitative estimate of drug-likeness (QED) is 0.509. The Morgan fingerprint density at radius 3 is 2.67 bits per heavy atom. The Labute approximate surface area is 181 Å². The molecule has 6 heteroatoms. The number of H-pyrrole nitrogens is 1. The maximum absolute atomic E-state index is 13.3. The third kappa shape index (κ3) is 3.85. The van der Waals surface area contributed by atoms with Gasteiger partial charge in [-0.15, -0.1) is 0 Å². The maximum atomic E-state index is 13.3. The van der Waals surface area contributed by atoms with Crippen molar-refractivity contribution >= 4 is 25.0 Å². The number of para-hydroxylation sites is 1. The number of aromatic nitrogens is 1. The molecule has 2 fully saturated rings. The number of aromatic amines is 1. The van der Waals surface area contributed by atoms with Crippen molar-refractivity contribution in [3.8, 4) is 0 Å². The van der Waals surface area contributed by atoms with Gasteiger partial charge < -0.3 is 19.0 Å². The standard InChI is InChI=1S/C24H36N2O3Si/c1-24(2,3)30(4,5)26-16-19(23(26)27)22-18(17-10-6-7-11-20(17)25-22)13-15-29-21-12-8-9-14-28-21/h6-7,10-11,19,21,25H,8-9,12-16H2,1-5H3. The molecule has 2 aliphatic heterocycles. The average Bonchev–Trinajstić information content (AvgIpc) is 3.04. The lowest BCUT2D eigenvalue weighted by molar-refractivity contribution is -0.161. The van der Waals surface area contributed by atoms with Gasteiger partial charge >= 0.3 is 0 Å². The van der Waals surface area contributed by atoms with Gasteiger partial charge in [-0.2, -0.15) is 0 Å². The number of β-lactam (4-membered cyclic amide) rings is 1. The number of amides is 1. The van der Waals surface area contributed by atoms with E-state index in [1.807, 2.05) is 6.07 Å². The Morgan fingerprint density at radius 1 is 1.23 bits per heavy atom. The summed E-state index contributed by atoms with van der Waals surface area (Å²) in [5.41, 5.74) is 3.42. The molecule has 1 N–H and O–H groups in total. The largest absolute Gasteiger partial charge is 0.367 e. The van der Waals surface area contributed by atoms with Gasteiger partial charge in [0.25, 0.3) is 0 Å². The zero-order valence-electron chi connectivity index (χ0n) is 19.1. The van der Waals surface area contributed by atoms with Crippen molar-refractivity contribution < 1.29 is 14.3 Å². The molecule has 2 atom stereocenters. The van der Waals surface area contributed by atoms with Crippen LogP contribution in [0.4, 0.5) is 0 Å². The van der Waals surface area contributed by atoms with Crippen LogP contribution < -0.4 is 0 Å². The van der Waals surface area contributed by atoms with Gasteiger partial charge in [0.05, 0.1) is 12.5 Å². The molecule has 2 saturated heterocycles. The van der Waals surface area contributed by atoms with E-state index < -0.39 is 8.24 Å². The molecule has 1 aromatic heterocycles. The van der Waals surface area contributed by atoms with E-state index in [2.05, 4.69) is 61.6 Å². The van der Waals surface area contributed by atoms with Gasteiger partial charge in [-0.3, -0.25) is 4.79 Å². The summed E-state index contributed by atoms with van der Waals surface area (Å²) in [5, 5.41) is 1.37. The van der Waals surface area contributed by atoms with E-state index in [1.165, 1.54) is 17.4 Å². The van der Waals surface area contributed by atoms with Crippen molar-refractivity contribution in [2.75, 3.05) is 19.8 Å². The van der Waals surface area contributed by atoms with Crippen molar-refractivity contribution in [2.24, 2.45) is 0 Å². The zero-order valence-corrected chi connectivity index (χ0v) is 20.1. The van der Waals surface area contributed by atoms with Gasteiger partial charge in [0, 0.05) is 29.7 Å². The summed E-state index contributed by atoms with van der Waals surface area (Å²) in [7, 11) is -1.83. The number of rotatable bonds is 6. The fourth-order valence-corrected chi connectivity index (χ4v) is 6.63. The second-order valence-electron chi connectivity index (χ2n) is 10.3. The molecule has 4 rings (SSSR count). The summed E-state index contributed by atoms with van der Waals surface area (Å²) >= 11 is 0. The van der Waals surface area contributed by atoms with Crippen LogP contribution in [0.5, 0.6) is 0 Å². The number of carbonyl (C=O) groups excluding carboxylic acids is 1. The van der Waals surface area contributed by atoms with Crippen molar-refractivity contribution in [1.82, 2.24) is 9.55 Å². The number of hydrogen-bond acceptors (Lipinski definition) is 3. The highest BCUT2D eigenvalue weighted by molar-refractivity contribution is 6.80. The number of fused-ring (bicyclic) bond motifs is 1. The second-order valence-corrected chi connectivity index (χ2v) is 15.4. The van der Waals surface area contributed by atoms with Crippen LogP contribution in [-0.4, -0.2) is 49.7 Å². The van der Waals surface area contributed by atoms with Crippen LogP contribution >= 0.6 is 0 Å². The zero-order chi connectivity index (χ0) is 21.5.